The van der Waals surface area contributed by atoms with Gasteiger partial charge in [0.15, 0.2) is 0 Å². The molecule has 0 unspecified atom stereocenters. The van der Waals surface area contributed by atoms with Crippen molar-refractivity contribution in [2.75, 3.05) is 5.32 Å². The summed E-state index contributed by atoms with van der Waals surface area (Å²) in [6.07, 6.45) is 3.71. The molecule has 0 atom stereocenters. The lowest BCUT2D eigenvalue weighted by molar-refractivity contribution is -0.115. The maximum atomic E-state index is 14.6. The molecule has 198 valence electrons. The largest absolute Gasteiger partial charge is 0.353 e. The molecule has 1 amide bonds. The van der Waals surface area contributed by atoms with E-state index >= 15 is 0 Å². The number of pyridine rings is 1. The monoisotopic (exact) mass is 537 g/mol. The van der Waals surface area contributed by atoms with Crippen LogP contribution in [0, 0.1) is 5.82 Å². The highest BCUT2D eigenvalue weighted by atomic mass is 19.1. The number of hydrogen-bond acceptors (Lipinski definition) is 3. The summed E-state index contributed by atoms with van der Waals surface area (Å²) in [6, 6.07) is 32.2. The molecule has 7 aromatic rings. The number of nitrogens with zero attached hydrogens (tertiary/aromatic N) is 2. The van der Waals surface area contributed by atoms with Gasteiger partial charge in [0.2, 0.25) is 5.91 Å². The van der Waals surface area contributed by atoms with E-state index in [1.807, 2.05) is 78.9 Å². The molecule has 0 radical (unpaired) electrons. The van der Waals surface area contributed by atoms with Gasteiger partial charge >= 0.3 is 0 Å². The van der Waals surface area contributed by atoms with Gasteiger partial charge in [-0.1, -0.05) is 66.7 Å². The van der Waals surface area contributed by atoms with Gasteiger partial charge < -0.3 is 10.3 Å². The van der Waals surface area contributed by atoms with Crippen LogP contribution >= 0.6 is 0 Å². The van der Waals surface area contributed by atoms with Gasteiger partial charge in [-0.05, 0) is 53.1 Å². The summed E-state index contributed by atoms with van der Waals surface area (Å²) in [5.41, 5.74) is 8.14. The first-order valence-corrected chi connectivity index (χ1v) is 13.3. The van der Waals surface area contributed by atoms with Crippen LogP contribution in [0.5, 0.6) is 0 Å². The first kappa shape index (κ1) is 24.5. The van der Waals surface area contributed by atoms with E-state index in [-0.39, 0.29) is 11.7 Å². The van der Waals surface area contributed by atoms with Gasteiger partial charge in [-0.2, -0.15) is 5.10 Å². The molecule has 3 N–H and O–H groups in total. The minimum atomic E-state index is -0.260. The highest BCUT2D eigenvalue weighted by Crippen LogP contribution is 2.36. The molecule has 7 heteroatoms. The van der Waals surface area contributed by atoms with E-state index in [2.05, 4.69) is 31.5 Å². The Morgan fingerprint density at radius 1 is 0.756 bits per heavy atom. The molecule has 0 aliphatic rings. The number of rotatable bonds is 6. The van der Waals surface area contributed by atoms with Crippen molar-refractivity contribution in [2.45, 2.75) is 6.42 Å². The van der Waals surface area contributed by atoms with Crippen LogP contribution in [0.15, 0.2) is 116 Å². The Labute approximate surface area is 234 Å². The van der Waals surface area contributed by atoms with E-state index in [0.29, 0.717) is 17.7 Å². The third kappa shape index (κ3) is 4.74. The summed E-state index contributed by atoms with van der Waals surface area (Å²) in [4.78, 5) is 20.4. The van der Waals surface area contributed by atoms with Crippen molar-refractivity contribution >= 4 is 33.4 Å². The Balaban J connectivity index is 1.22. The van der Waals surface area contributed by atoms with Crippen LogP contribution in [0.3, 0.4) is 0 Å². The second kappa shape index (κ2) is 10.2. The Bertz CT molecular complexity index is 2040. The second-order valence-electron chi connectivity index (χ2n) is 9.94. The van der Waals surface area contributed by atoms with Crippen LogP contribution in [-0.4, -0.2) is 26.1 Å². The molecular formula is C34H24FN5O. The van der Waals surface area contributed by atoms with Gasteiger partial charge in [0, 0.05) is 33.6 Å². The Morgan fingerprint density at radius 2 is 1.59 bits per heavy atom. The number of H-pyrrole nitrogens is 2. The number of anilines is 1. The smallest absolute Gasteiger partial charge is 0.228 e. The van der Waals surface area contributed by atoms with Gasteiger partial charge in [-0.15, -0.1) is 0 Å². The van der Waals surface area contributed by atoms with Crippen molar-refractivity contribution in [1.82, 2.24) is 20.2 Å². The molecule has 7 rings (SSSR count). The number of aromatic nitrogens is 4. The molecule has 6 nitrogen and oxygen atoms in total. The summed E-state index contributed by atoms with van der Waals surface area (Å²) in [5.74, 6) is -0.360. The summed E-state index contributed by atoms with van der Waals surface area (Å²) in [7, 11) is 0. The molecular weight excluding hydrogens is 513 g/mol. The lowest BCUT2D eigenvalue weighted by Crippen LogP contribution is -2.14. The fourth-order valence-electron chi connectivity index (χ4n) is 5.25. The number of aromatic amines is 2. The number of carbonyl (C=O) groups is 1. The Morgan fingerprint density at radius 3 is 2.46 bits per heavy atom. The number of amides is 1. The minimum absolute atomic E-state index is 0.101. The predicted octanol–water partition coefficient (Wildman–Crippen LogP) is 7.76. The van der Waals surface area contributed by atoms with Crippen LogP contribution in [-0.2, 0) is 11.2 Å². The lowest BCUT2D eigenvalue weighted by Gasteiger charge is -2.08. The predicted molar refractivity (Wildman–Crippen MR) is 161 cm³/mol. The SMILES string of the molecule is O=C(Cc1ccccc1)Nc1cncc(-c2ccc3[nH]nc(-c4cc5c(-c6ccccc6F)cccc5[nH]4)c3c2)c1. The molecule has 0 spiro atoms. The second-order valence-corrected chi connectivity index (χ2v) is 9.94. The van der Waals surface area contributed by atoms with Crippen LogP contribution in [0.1, 0.15) is 5.56 Å². The van der Waals surface area contributed by atoms with Crippen LogP contribution in [0.25, 0.3) is 55.4 Å². The standard InChI is InChI=1S/C34H24FN5O/c35-29-11-5-4-9-26(29)25-10-6-12-30-27(25)18-32(38-30)34-28-17-22(13-14-31(28)39-40-34)23-16-24(20-36-19-23)37-33(41)15-21-7-2-1-3-8-21/h1-14,16-20,38H,15H2,(H,37,41)(H,39,40). The van der Waals surface area contributed by atoms with E-state index in [1.54, 1.807) is 24.5 Å². The maximum absolute atomic E-state index is 14.6. The summed E-state index contributed by atoms with van der Waals surface area (Å²) in [5, 5.41) is 12.5. The van der Waals surface area contributed by atoms with E-state index in [4.69, 9.17) is 0 Å². The van der Waals surface area contributed by atoms with Gasteiger partial charge in [0.05, 0.1) is 29.5 Å². The van der Waals surface area contributed by atoms with Crippen LogP contribution < -0.4 is 5.32 Å². The number of hydrogen-bond donors (Lipinski definition) is 3. The van der Waals surface area contributed by atoms with Crippen molar-refractivity contribution < 1.29 is 9.18 Å². The first-order valence-electron chi connectivity index (χ1n) is 13.3. The summed E-state index contributed by atoms with van der Waals surface area (Å²) in [6.45, 7) is 0. The zero-order valence-corrected chi connectivity index (χ0v) is 21.9. The number of benzene rings is 4. The number of fused-ring (bicyclic) bond motifs is 2. The molecule has 41 heavy (non-hydrogen) atoms. The van der Waals surface area contributed by atoms with Gasteiger partial charge in [0.1, 0.15) is 11.5 Å². The average Bonchev–Trinajstić information content (AvgIpc) is 3.62. The molecule has 0 aliphatic carbocycles. The highest BCUT2D eigenvalue weighted by Gasteiger charge is 2.16. The third-order valence-corrected chi connectivity index (χ3v) is 7.21. The summed E-state index contributed by atoms with van der Waals surface area (Å²) >= 11 is 0. The topological polar surface area (TPSA) is 86.5 Å². The number of nitrogens with one attached hydrogen (secondary N) is 3. The zero-order chi connectivity index (χ0) is 27.8. The maximum Gasteiger partial charge on any atom is 0.228 e. The molecule has 3 aromatic heterocycles. The average molecular weight is 538 g/mol. The quantitative estimate of drug-likeness (QED) is 0.203. The Hall–Kier alpha value is -5.56. The lowest BCUT2D eigenvalue weighted by atomic mass is 10.0. The zero-order valence-electron chi connectivity index (χ0n) is 21.9. The Kier molecular flexibility index (Phi) is 6.09. The molecule has 0 fully saturated rings. The van der Waals surface area contributed by atoms with Crippen molar-refractivity contribution in [3.63, 3.8) is 0 Å². The van der Waals surface area contributed by atoms with Crippen LogP contribution in [0.4, 0.5) is 10.1 Å². The first-order chi connectivity index (χ1) is 20.1. The van der Waals surface area contributed by atoms with Gasteiger partial charge in [-0.25, -0.2) is 4.39 Å². The molecule has 3 heterocycles. The number of carbonyl (C=O) groups excluding carboxylic acids is 1. The van der Waals surface area contributed by atoms with Gasteiger partial charge in [0.25, 0.3) is 0 Å². The van der Waals surface area contributed by atoms with Crippen molar-refractivity contribution in [3.05, 3.63) is 127 Å². The van der Waals surface area contributed by atoms with Crippen molar-refractivity contribution in [3.8, 4) is 33.6 Å². The molecule has 0 bridgehead atoms. The highest BCUT2D eigenvalue weighted by molar-refractivity contribution is 6.02. The minimum Gasteiger partial charge on any atom is -0.353 e. The van der Waals surface area contributed by atoms with E-state index < -0.39 is 0 Å². The normalized spacial score (nSPS) is 11.2. The van der Waals surface area contributed by atoms with E-state index in [9.17, 15) is 9.18 Å². The molecule has 4 aromatic carbocycles. The van der Waals surface area contributed by atoms with Gasteiger partial charge in [-0.3, -0.25) is 14.9 Å². The molecule has 0 aliphatic heterocycles. The fourth-order valence-corrected chi connectivity index (χ4v) is 5.25. The van der Waals surface area contributed by atoms with Crippen molar-refractivity contribution in [1.29, 1.82) is 0 Å². The van der Waals surface area contributed by atoms with Crippen LogP contribution in [0.2, 0.25) is 0 Å². The third-order valence-electron chi connectivity index (χ3n) is 7.21. The fraction of sp³-hybridized carbons (Fsp3) is 0.0294. The van der Waals surface area contributed by atoms with E-state index in [0.717, 1.165) is 55.4 Å². The molecule has 0 saturated carbocycles. The number of halogens is 1. The van der Waals surface area contributed by atoms with Crippen molar-refractivity contribution in [2.24, 2.45) is 0 Å². The molecule has 0 saturated heterocycles. The van der Waals surface area contributed by atoms with E-state index in [1.165, 1.54) is 6.07 Å². The summed E-state index contributed by atoms with van der Waals surface area (Å²) < 4.78 is 14.6.